The van der Waals surface area contributed by atoms with Crippen LogP contribution in [0, 0.1) is 5.92 Å². The van der Waals surface area contributed by atoms with Gasteiger partial charge in [0.2, 0.25) is 5.91 Å². The Balaban J connectivity index is 1.70. The van der Waals surface area contributed by atoms with Gasteiger partial charge >= 0.3 is 0 Å². The summed E-state index contributed by atoms with van der Waals surface area (Å²) in [7, 11) is 0. The number of nitrogens with one attached hydrogen (secondary N) is 2. The third-order valence-electron chi connectivity index (χ3n) is 3.78. The number of carbonyl (C=O) groups is 1. The maximum absolute atomic E-state index is 11.9. The molecule has 0 bridgehead atoms. The van der Waals surface area contributed by atoms with Crippen LogP contribution in [0.5, 0.6) is 0 Å². The van der Waals surface area contributed by atoms with Gasteiger partial charge in [0.25, 0.3) is 0 Å². The number of amides is 1. The molecule has 1 saturated carbocycles. The van der Waals surface area contributed by atoms with Crippen molar-refractivity contribution in [1.82, 2.24) is 10.6 Å². The molecule has 0 saturated heterocycles. The van der Waals surface area contributed by atoms with E-state index in [4.69, 9.17) is 4.42 Å². The summed E-state index contributed by atoms with van der Waals surface area (Å²) in [5, 5.41) is 6.24. The Morgan fingerprint density at radius 3 is 2.83 bits per heavy atom. The third-order valence-corrected chi connectivity index (χ3v) is 3.78. The quantitative estimate of drug-likeness (QED) is 0.812. The summed E-state index contributed by atoms with van der Waals surface area (Å²) >= 11 is 0. The van der Waals surface area contributed by atoms with Crippen LogP contribution in [0.25, 0.3) is 0 Å². The highest BCUT2D eigenvalue weighted by atomic mass is 16.3. The summed E-state index contributed by atoms with van der Waals surface area (Å²) in [6.45, 7) is 4.53. The minimum atomic E-state index is -0.157. The third kappa shape index (κ3) is 3.35. The molecule has 2 N–H and O–H groups in total. The van der Waals surface area contributed by atoms with Gasteiger partial charge in [-0.3, -0.25) is 4.79 Å². The highest BCUT2D eigenvalue weighted by Gasteiger charge is 2.26. The molecule has 0 aromatic carbocycles. The Bertz CT molecular complexity index is 371. The van der Waals surface area contributed by atoms with Crippen LogP contribution in [-0.2, 0) is 11.3 Å². The summed E-state index contributed by atoms with van der Waals surface area (Å²) in [6, 6.07) is 3.94. The van der Waals surface area contributed by atoms with Crippen LogP contribution >= 0.6 is 0 Å². The molecule has 1 amide bonds. The van der Waals surface area contributed by atoms with Crippen LogP contribution in [0.2, 0.25) is 0 Å². The molecule has 1 aliphatic rings. The van der Waals surface area contributed by atoms with E-state index in [-0.39, 0.29) is 11.9 Å². The van der Waals surface area contributed by atoms with E-state index in [1.54, 1.807) is 6.26 Å². The van der Waals surface area contributed by atoms with E-state index in [0.717, 1.165) is 11.7 Å². The van der Waals surface area contributed by atoms with E-state index in [0.29, 0.717) is 12.6 Å². The largest absolute Gasteiger partial charge is 0.467 e. The summed E-state index contributed by atoms with van der Waals surface area (Å²) in [5.74, 6) is 1.55. The number of rotatable bonds is 6. The van der Waals surface area contributed by atoms with Crippen molar-refractivity contribution in [1.29, 1.82) is 0 Å². The van der Waals surface area contributed by atoms with Gasteiger partial charge < -0.3 is 15.1 Å². The maximum atomic E-state index is 11.9. The fourth-order valence-corrected chi connectivity index (χ4v) is 2.29. The molecule has 0 aliphatic heterocycles. The lowest BCUT2D eigenvalue weighted by Crippen LogP contribution is -2.48. The molecule has 4 nitrogen and oxygen atoms in total. The Kier molecular flexibility index (Phi) is 4.42. The molecular weight excluding hydrogens is 228 g/mol. The fraction of sp³-hybridized carbons (Fsp3) is 0.643. The van der Waals surface area contributed by atoms with Crippen LogP contribution in [0.1, 0.15) is 38.9 Å². The molecule has 4 heteroatoms. The second kappa shape index (κ2) is 6.05. The monoisotopic (exact) mass is 250 g/mol. The van der Waals surface area contributed by atoms with Gasteiger partial charge in [0.1, 0.15) is 5.76 Å². The Labute approximate surface area is 108 Å². The van der Waals surface area contributed by atoms with Crippen LogP contribution < -0.4 is 10.6 Å². The minimum Gasteiger partial charge on any atom is -0.467 e. The average Bonchev–Trinajstić information content (AvgIpc) is 2.75. The van der Waals surface area contributed by atoms with E-state index in [9.17, 15) is 4.79 Å². The maximum Gasteiger partial charge on any atom is 0.237 e. The standard InChI is InChI=1S/C14H22N2O2/c1-10(12-5-3-6-12)16-11(2)14(17)15-9-13-7-4-8-18-13/h4,7-8,10-12,16H,3,5-6,9H2,1-2H3,(H,15,17). The van der Waals surface area contributed by atoms with Gasteiger partial charge in [0, 0.05) is 6.04 Å². The van der Waals surface area contributed by atoms with Gasteiger partial charge in [-0.15, -0.1) is 0 Å². The van der Waals surface area contributed by atoms with Crippen LogP contribution in [0.3, 0.4) is 0 Å². The fourth-order valence-electron chi connectivity index (χ4n) is 2.29. The number of furan rings is 1. The van der Waals surface area contributed by atoms with Crippen molar-refractivity contribution in [2.75, 3.05) is 0 Å². The molecule has 0 radical (unpaired) electrons. The first-order chi connectivity index (χ1) is 8.66. The van der Waals surface area contributed by atoms with Gasteiger partial charge in [-0.05, 0) is 44.7 Å². The highest BCUT2D eigenvalue weighted by Crippen LogP contribution is 2.29. The predicted molar refractivity (Wildman–Crippen MR) is 70.0 cm³/mol. The zero-order chi connectivity index (χ0) is 13.0. The lowest BCUT2D eigenvalue weighted by molar-refractivity contribution is -0.123. The van der Waals surface area contributed by atoms with E-state index < -0.39 is 0 Å². The highest BCUT2D eigenvalue weighted by molar-refractivity contribution is 5.81. The zero-order valence-corrected chi connectivity index (χ0v) is 11.1. The number of hydrogen-bond acceptors (Lipinski definition) is 3. The summed E-state index contributed by atoms with van der Waals surface area (Å²) in [4.78, 5) is 11.9. The topological polar surface area (TPSA) is 54.3 Å². The van der Waals surface area contributed by atoms with Crippen molar-refractivity contribution in [2.24, 2.45) is 5.92 Å². The van der Waals surface area contributed by atoms with Crippen LogP contribution in [0.15, 0.2) is 22.8 Å². The molecule has 2 unspecified atom stereocenters. The molecule has 2 rings (SSSR count). The second-order valence-electron chi connectivity index (χ2n) is 5.17. The van der Waals surface area contributed by atoms with Gasteiger partial charge in [-0.25, -0.2) is 0 Å². The molecule has 1 heterocycles. The first kappa shape index (κ1) is 13.1. The molecule has 100 valence electrons. The SMILES string of the molecule is CC(NC(C)C1CCC1)C(=O)NCc1ccco1. The first-order valence-electron chi connectivity index (χ1n) is 6.73. The van der Waals surface area contributed by atoms with E-state index >= 15 is 0 Å². The molecule has 18 heavy (non-hydrogen) atoms. The molecule has 1 aromatic heterocycles. The van der Waals surface area contributed by atoms with Crippen molar-refractivity contribution in [2.45, 2.75) is 51.7 Å². The Morgan fingerprint density at radius 2 is 2.28 bits per heavy atom. The van der Waals surface area contributed by atoms with Gasteiger partial charge in [-0.2, -0.15) is 0 Å². The van der Waals surface area contributed by atoms with Crippen molar-refractivity contribution >= 4 is 5.91 Å². The molecule has 2 atom stereocenters. The van der Waals surface area contributed by atoms with Crippen molar-refractivity contribution in [3.05, 3.63) is 24.2 Å². The molecule has 1 aliphatic carbocycles. The van der Waals surface area contributed by atoms with Crippen molar-refractivity contribution in [3.63, 3.8) is 0 Å². The van der Waals surface area contributed by atoms with Gasteiger partial charge in [-0.1, -0.05) is 6.42 Å². The smallest absolute Gasteiger partial charge is 0.237 e. The predicted octanol–water partition coefficient (Wildman–Crippen LogP) is 2.06. The van der Waals surface area contributed by atoms with Gasteiger partial charge in [0.15, 0.2) is 0 Å². The molecule has 0 spiro atoms. The lowest BCUT2D eigenvalue weighted by Gasteiger charge is -2.33. The molecule has 1 aromatic rings. The molecule has 1 fully saturated rings. The first-order valence-corrected chi connectivity index (χ1v) is 6.73. The normalized spacial score (nSPS) is 19.0. The van der Waals surface area contributed by atoms with Crippen LogP contribution in [0.4, 0.5) is 0 Å². The Hall–Kier alpha value is -1.29. The Morgan fingerprint density at radius 1 is 1.50 bits per heavy atom. The summed E-state index contributed by atoms with van der Waals surface area (Å²) in [5.41, 5.74) is 0. The second-order valence-corrected chi connectivity index (χ2v) is 5.17. The zero-order valence-electron chi connectivity index (χ0n) is 11.1. The molecular formula is C14H22N2O2. The van der Waals surface area contributed by atoms with E-state index in [2.05, 4.69) is 17.6 Å². The van der Waals surface area contributed by atoms with Gasteiger partial charge in [0.05, 0.1) is 18.8 Å². The van der Waals surface area contributed by atoms with E-state index in [1.807, 2.05) is 19.1 Å². The van der Waals surface area contributed by atoms with Crippen molar-refractivity contribution in [3.8, 4) is 0 Å². The summed E-state index contributed by atoms with van der Waals surface area (Å²) < 4.78 is 5.17. The van der Waals surface area contributed by atoms with Crippen LogP contribution in [-0.4, -0.2) is 18.0 Å². The minimum absolute atomic E-state index is 0.0255. The lowest BCUT2D eigenvalue weighted by atomic mass is 9.80. The number of carbonyl (C=O) groups excluding carboxylic acids is 1. The average molecular weight is 250 g/mol. The van der Waals surface area contributed by atoms with E-state index in [1.165, 1.54) is 19.3 Å². The van der Waals surface area contributed by atoms with Crippen molar-refractivity contribution < 1.29 is 9.21 Å². The summed E-state index contributed by atoms with van der Waals surface area (Å²) in [6.07, 6.45) is 5.52. The number of hydrogen-bond donors (Lipinski definition) is 2.